The van der Waals surface area contributed by atoms with E-state index in [4.69, 9.17) is 14.5 Å². The zero-order valence-corrected chi connectivity index (χ0v) is 18.8. The van der Waals surface area contributed by atoms with E-state index in [1.807, 2.05) is 36.4 Å². The van der Waals surface area contributed by atoms with Gasteiger partial charge in [0.25, 0.3) is 5.56 Å². The minimum atomic E-state index is -0.224. The van der Waals surface area contributed by atoms with E-state index in [0.717, 1.165) is 55.4 Å². The molecule has 0 unspecified atom stereocenters. The van der Waals surface area contributed by atoms with Crippen LogP contribution < -0.4 is 15.0 Å². The number of rotatable bonds is 5. The summed E-state index contributed by atoms with van der Waals surface area (Å²) in [5.41, 5.74) is 2.91. The molecule has 0 spiro atoms. The summed E-state index contributed by atoms with van der Waals surface area (Å²) in [7, 11) is 0. The van der Waals surface area contributed by atoms with E-state index in [2.05, 4.69) is 32.3 Å². The van der Waals surface area contributed by atoms with Crippen molar-refractivity contribution in [3.63, 3.8) is 0 Å². The summed E-state index contributed by atoms with van der Waals surface area (Å²) in [6.07, 6.45) is 1.86. The molecule has 174 valence electrons. The average molecular weight is 459 g/mol. The minimum absolute atomic E-state index is 0.202. The van der Waals surface area contributed by atoms with E-state index >= 15 is 0 Å². The number of nitrogens with one attached hydrogen (secondary N) is 1. The van der Waals surface area contributed by atoms with Gasteiger partial charge in [-0.05, 0) is 49.2 Å². The van der Waals surface area contributed by atoms with Gasteiger partial charge in [0.15, 0.2) is 22.7 Å². The van der Waals surface area contributed by atoms with Gasteiger partial charge in [-0.1, -0.05) is 41.6 Å². The molecule has 0 amide bonds. The Hall–Kier alpha value is -3.72. The first-order valence-electron chi connectivity index (χ1n) is 11.7. The Kier molecular flexibility index (Phi) is 5.46. The maximum atomic E-state index is 12.7. The Morgan fingerprint density at radius 2 is 1.74 bits per heavy atom. The number of fused-ring (bicyclic) bond motifs is 2. The van der Waals surface area contributed by atoms with Crippen molar-refractivity contribution in [2.45, 2.75) is 31.8 Å². The number of benzene rings is 2. The van der Waals surface area contributed by atoms with Gasteiger partial charge in [-0.2, -0.15) is 0 Å². The van der Waals surface area contributed by atoms with Crippen molar-refractivity contribution >= 4 is 11.2 Å². The first kappa shape index (κ1) is 20.9. The van der Waals surface area contributed by atoms with E-state index in [-0.39, 0.29) is 17.0 Å². The number of aromatic amines is 1. The molecule has 1 fully saturated rings. The number of hydrogen-bond acceptors (Lipinski definition) is 7. The summed E-state index contributed by atoms with van der Waals surface area (Å²) < 4.78 is 13.0. The number of nitrogens with zero attached hydrogens (tertiary/aromatic N) is 5. The molecular formula is C25H26N6O3. The lowest BCUT2D eigenvalue weighted by atomic mass is 9.95. The normalized spacial score (nSPS) is 16.7. The topological polar surface area (TPSA) is 98.2 Å². The molecule has 6 rings (SSSR count). The van der Waals surface area contributed by atoms with Crippen molar-refractivity contribution in [2.24, 2.45) is 0 Å². The highest BCUT2D eigenvalue weighted by molar-refractivity contribution is 5.68. The summed E-state index contributed by atoms with van der Waals surface area (Å²) in [4.78, 5) is 22.9. The van der Waals surface area contributed by atoms with E-state index in [9.17, 15) is 4.79 Å². The predicted molar refractivity (Wildman–Crippen MR) is 126 cm³/mol. The zero-order chi connectivity index (χ0) is 22.9. The first-order valence-corrected chi connectivity index (χ1v) is 11.7. The summed E-state index contributed by atoms with van der Waals surface area (Å²) in [6, 6.07) is 16.2. The Bertz CT molecular complexity index is 1360. The molecule has 0 aliphatic carbocycles. The van der Waals surface area contributed by atoms with Crippen LogP contribution >= 0.6 is 0 Å². The SMILES string of the molecule is O=c1[nH]c(C2CCN(Cc3ccc4c(c3)OCCO4)CC2)nc2c1nnn2Cc1ccccc1. The first-order chi connectivity index (χ1) is 16.7. The smallest absolute Gasteiger partial charge is 0.281 e. The molecule has 2 aromatic heterocycles. The van der Waals surface area contributed by atoms with E-state index in [1.165, 1.54) is 5.56 Å². The molecule has 2 aliphatic heterocycles. The maximum Gasteiger partial charge on any atom is 0.281 e. The molecule has 2 aliphatic rings. The molecule has 1 saturated heterocycles. The van der Waals surface area contributed by atoms with E-state index in [0.29, 0.717) is 25.4 Å². The van der Waals surface area contributed by atoms with Crippen LogP contribution in [0.4, 0.5) is 0 Å². The van der Waals surface area contributed by atoms with Crippen LogP contribution in [0, 0.1) is 0 Å². The molecule has 4 heterocycles. The number of aromatic nitrogens is 5. The summed E-state index contributed by atoms with van der Waals surface area (Å²) in [6.45, 7) is 4.45. The molecule has 9 heteroatoms. The Morgan fingerprint density at radius 3 is 2.56 bits per heavy atom. The fourth-order valence-electron chi connectivity index (χ4n) is 4.75. The van der Waals surface area contributed by atoms with Gasteiger partial charge in [-0.15, -0.1) is 5.10 Å². The maximum absolute atomic E-state index is 12.7. The van der Waals surface area contributed by atoms with Crippen LogP contribution in [-0.4, -0.2) is 56.2 Å². The van der Waals surface area contributed by atoms with E-state index in [1.54, 1.807) is 4.68 Å². The Morgan fingerprint density at radius 1 is 0.941 bits per heavy atom. The van der Waals surface area contributed by atoms with Crippen molar-refractivity contribution in [3.05, 3.63) is 75.8 Å². The molecular weight excluding hydrogens is 432 g/mol. The molecule has 0 saturated carbocycles. The second-order valence-electron chi connectivity index (χ2n) is 8.88. The van der Waals surface area contributed by atoms with Gasteiger partial charge >= 0.3 is 0 Å². The molecule has 4 aromatic rings. The van der Waals surface area contributed by atoms with Crippen LogP contribution in [0.1, 0.15) is 35.7 Å². The summed E-state index contributed by atoms with van der Waals surface area (Å²) >= 11 is 0. The van der Waals surface area contributed by atoms with E-state index < -0.39 is 0 Å². The third kappa shape index (κ3) is 4.14. The Balaban J connectivity index is 1.15. The third-order valence-corrected chi connectivity index (χ3v) is 6.55. The standard InChI is InChI=1S/C25H26N6O3/c32-25-22-24(31(29-28-22)16-17-4-2-1-3-5-17)26-23(27-25)19-8-10-30(11-9-19)15-18-6-7-20-21(14-18)34-13-12-33-20/h1-7,14,19H,8-13,15-16H2,(H,26,27,32). The van der Waals surface area contributed by atoms with Gasteiger partial charge in [0, 0.05) is 12.5 Å². The van der Waals surface area contributed by atoms with Crippen molar-refractivity contribution in [2.75, 3.05) is 26.3 Å². The third-order valence-electron chi connectivity index (χ3n) is 6.55. The summed E-state index contributed by atoms with van der Waals surface area (Å²) in [5.74, 6) is 2.58. The van der Waals surface area contributed by atoms with Crippen LogP contribution in [0.5, 0.6) is 11.5 Å². The highest BCUT2D eigenvalue weighted by atomic mass is 16.6. The van der Waals surface area contributed by atoms with Crippen molar-refractivity contribution in [1.82, 2.24) is 29.9 Å². The average Bonchev–Trinajstić information content (AvgIpc) is 3.28. The minimum Gasteiger partial charge on any atom is -0.486 e. The fourth-order valence-corrected chi connectivity index (χ4v) is 4.75. The van der Waals surface area contributed by atoms with Crippen LogP contribution in [0.3, 0.4) is 0 Å². The summed E-state index contributed by atoms with van der Waals surface area (Å²) in [5, 5.41) is 8.25. The Labute approximate surface area is 196 Å². The van der Waals surface area contributed by atoms with Crippen molar-refractivity contribution < 1.29 is 9.47 Å². The van der Waals surface area contributed by atoms with Crippen LogP contribution in [-0.2, 0) is 13.1 Å². The lowest BCUT2D eigenvalue weighted by Gasteiger charge is -2.31. The molecule has 34 heavy (non-hydrogen) atoms. The number of ether oxygens (including phenoxy) is 2. The second kappa shape index (κ2) is 8.90. The van der Waals surface area contributed by atoms with Gasteiger partial charge in [0.05, 0.1) is 6.54 Å². The van der Waals surface area contributed by atoms with Gasteiger partial charge in [-0.25, -0.2) is 9.67 Å². The molecule has 1 N–H and O–H groups in total. The number of H-pyrrole nitrogens is 1. The van der Waals surface area contributed by atoms with Crippen molar-refractivity contribution in [1.29, 1.82) is 0 Å². The highest BCUT2D eigenvalue weighted by Crippen LogP contribution is 2.32. The van der Waals surface area contributed by atoms with Gasteiger partial charge in [-0.3, -0.25) is 9.69 Å². The van der Waals surface area contributed by atoms with Crippen LogP contribution in [0.2, 0.25) is 0 Å². The monoisotopic (exact) mass is 458 g/mol. The molecule has 0 bridgehead atoms. The molecule has 2 aromatic carbocycles. The number of piperidine rings is 1. The molecule has 0 atom stereocenters. The fraction of sp³-hybridized carbons (Fsp3) is 0.360. The van der Waals surface area contributed by atoms with Gasteiger partial charge in [0.2, 0.25) is 0 Å². The predicted octanol–water partition coefficient (Wildman–Crippen LogP) is 2.71. The van der Waals surface area contributed by atoms with Gasteiger partial charge < -0.3 is 14.5 Å². The lowest BCUT2D eigenvalue weighted by Crippen LogP contribution is -2.33. The molecule has 9 nitrogen and oxygen atoms in total. The van der Waals surface area contributed by atoms with Crippen LogP contribution in [0.15, 0.2) is 53.3 Å². The quantitative estimate of drug-likeness (QED) is 0.491. The highest BCUT2D eigenvalue weighted by Gasteiger charge is 2.24. The molecule has 0 radical (unpaired) electrons. The zero-order valence-electron chi connectivity index (χ0n) is 18.8. The largest absolute Gasteiger partial charge is 0.486 e. The van der Waals surface area contributed by atoms with Gasteiger partial charge in [0.1, 0.15) is 19.0 Å². The number of likely N-dealkylation sites (tertiary alicyclic amines) is 1. The number of hydrogen-bond donors (Lipinski definition) is 1. The van der Waals surface area contributed by atoms with Crippen molar-refractivity contribution in [3.8, 4) is 11.5 Å². The van der Waals surface area contributed by atoms with Crippen LogP contribution in [0.25, 0.3) is 11.2 Å². The lowest BCUT2D eigenvalue weighted by molar-refractivity contribution is 0.170. The second-order valence-corrected chi connectivity index (χ2v) is 8.88.